The molecule has 0 atom stereocenters. The van der Waals surface area contributed by atoms with E-state index in [0.29, 0.717) is 4.09 Å². The van der Waals surface area contributed by atoms with Gasteiger partial charge in [0.1, 0.15) is 0 Å². The van der Waals surface area contributed by atoms with Crippen LogP contribution in [0.4, 0.5) is 0 Å². The zero-order valence-corrected chi connectivity index (χ0v) is 18.6. The van der Waals surface area contributed by atoms with Gasteiger partial charge < -0.3 is 0 Å². The predicted molar refractivity (Wildman–Crippen MR) is 110 cm³/mol. The molecule has 0 saturated carbocycles. The molecule has 0 aliphatic heterocycles. The zero-order valence-electron chi connectivity index (χ0n) is 14.9. The molecule has 0 saturated heterocycles. The molecule has 1 aromatic heterocycles. The van der Waals surface area contributed by atoms with Crippen molar-refractivity contribution >= 4 is 40.8 Å². The molecule has 11 heteroatoms. The van der Waals surface area contributed by atoms with E-state index in [9.17, 15) is 20.3 Å². The van der Waals surface area contributed by atoms with Crippen molar-refractivity contribution < 1.29 is 22.8 Å². The average Bonchev–Trinajstić information content (AvgIpc) is 3.13. The van der Waals surface area contributed by atoms with Crippen molar-refractivity contribution in [3.8, 4) is 0 Å². The second kappa shape index (κ2) is 7.91. The monoisotopic (exact) mass is 536 g/mol. The van der Waals surface area contributed by atoms with E-state index >= 15 is 0 Å². The van der Waals surface area contributed by atoms with Crippen molar-refractivity contribution in [1.29, 1.82) is 0 Å². The summed E-state index contributed by atoms with van der Waals surface area (Å²) in [7, 11) is -8.13. The topological polar surface area (TPSA) is 116 Å². The fraction of sp³-hybridized carbons (Fsp3) is 0.118. The van der Waals surface area contributed by atoms with E-state index in [4.69, 9.17) is 2.51 Å². The van der Waals surface area contributed by atoms with E-state index in [1.165, 1.54) is 24.3 Å². The fourth-order valence-electron chi connectivity index (χ4n) is 2.17. The molecule has 0 spiro atoms. The average molecular weight is 536 g/mol. The normalized spacial score (nSPS) is 12.8. The standard InChI is InChI=1S/C17H17IN2O6S2/c1-13-3-7-16(8-4-13)27(22,23)20-12-15(11-19-20)18(21)26-28(24,25)17-9-5-14(2)6-10-17/h3-12,21H,1-2H3. The number of hydrogen-bond donors (Lipinski definition) is 1. The summed E-state index contributed by atoms with van der Waals surface area (Å²) >= 11 is -3.65. The van der Waals surface area contributed by atoms with E-state index in [1.54, 1.807) is 24.3 Å². The van der Waals surface area contributed by atoms with Gasteiger partial charge in [0.15, 0.2) is 0 Å². The van der Waals surface area contributed by atoms with Crippen LogP contribution in [0.15, 0.2) is 70.7 Å². The zero-order chi connectivity index (χ0) is 20.5. The minimum absolute atomic E-state index is 0.0271. The summed E-state index contributed by atoms with van der Waals surface area (Å²) < 4.78 is 65.7. The summed E-state index contributed by atoms with van der Waals surface area (Å²) in [5.74, 6) is 0. The molecule has 2 aromatic carbocycles. The number of halogens is 1. The van der Waals surface area contributed by atoms with Crippen molar-refractivity contribution in [2.75, 3.05) is 0 Å². The Bertz CT molecular complexity index is 1190. The van der Waals surface area contributed by atoms with Crippen LogP contribution in [0.1, 0.15) is 11.1 Å². The van der Waals surface area contributed by atoms with Crippen molar-refractivity contribution in [2.24, 2.45) is 0 Å². The minimum atomic E-state index is -4.17. The van der Waals surface area contributed by atoms with Crippen molar-refractivity contribution in [3.05, 3.63) is 75.6 Å². The molecule has 0 bridgehead atoms. The molecule has 3 rings (SSSR count). The van der Waals surface area contributed by atoms with Crippen LogP contribution in [-0.4, -0.2) is 29.5 Å². The third kappa shape index (κ3) is 4.43. The molecule has 3 aromatic rings. The summed E-state index contributed by atoms with van der Waals surface area (Å²) in [5.41, 5.74) is 1.78. The number of aryl methyl sites for hydroxylation is 2. The molecule has 0 radical (unpaired) electrons. The summed E-state index contributed by atoms with van der Waals surface area (Å²) in [5, 5.41) is 3.76. The number of benzene rings is 2. The van der Waals surface area contributed by atoms with Crippen LogP contribution in [0.2, 0.25) is 0 Å². The third-order valence-electron chi connectivity index (χ3n) is 3.73. The van der Waals surface area contributed by atoms with Gasteiger partial charge in [-0.25, -0.2) is 0 Å². The molecular formula is C17H17IN2O6S2. The molecule has 28 heavy (non-hydrogen) atoms. The van der Waals surface area contributed by atoms with Crippen LogP contribution in [-0.2, 0) is 22.7 Å². The molecule has 1 N–H and O–H groups in total. The van der Waals surface area contributed by atoms with Crippen LogP contribution in [0.5, 0.6) is 0 Å². The molecule has 0 amide bonds. The number of hydrogen-bond acceptors (Lipinski definition) is 7. The number of aromatic nitrogens is 2. The Morgan fingerprint density at radius 3 is 1.93 bits per heavy atom. The second-order valence-electron chi connectivity index (χ2n) is 5.91. The van der Waals surface area contributed by atoms with Crippen molar-refractivity contribution in [3.63, 3.8) is 0 Å². The first-order chi connectivity index (χ1) is 13.1. The Morgan fingerprint density at radius 2 is 1.39 bits per heavy atom. The van der Waals surface area contributed by atoms with Gasteiger partial charge in [0, 0.05) is 0 Å². The van der Waals surface area contributed by atoms with Gasteiger partial charge in [0.25, 0.3) is 0 Å². The van der Waals surface area contributed by atoms with E-state index in [2.05, 4.69) is 5.10 Å². The quantitative estimate of drug-likeness (QED) is 0.482. The van der Waals surface area contributed by atoms with Crippen LogP contribution in [0, 0.1) is 17.4 Å². The van der Waals surface area contributed by atoms with Gasteiger partial charge in [-0.2, -0.15) is 0 Å². The van der Waals surface area contributed by atoms with Crippen LogP contribution < -0.4 is 0 Å². The maximum atomic E-state index is 12.6. The van der Waals surface area contributed by atoms with Crippen LogP contribution in [0.3, 0.4) is 0 Å². The number of rotatable bonds is 6. The van der Waals surface area contributed by atoms with Crippen molar-refractivity contribution in [1.82, 2.24) is 9.19 Å². The molecular weight excluding hydrogens is 519 g/mol. The number of nitrogens with zero attached hydrogens (tertiary/aromatic N) is 2. The predicted octanol–water partition coefficient (Wildman–Crippen LogP) is 2.64. The summed E-state index contributed by atoms with van der Waals surface area (Å²) in [6, 6.07) is 12.2. The van der Waals surface area contributed by atoms with Gasteiger partial charge in [0.05, 0.1) is 0 Å². The first-order valence-corrected chi connectivity index (χ1v) is 13.6. The summed E-state index contributed by atoms with van der Waals surface area (Å²) in [4.78, 5) is -0.0617. The fourth-order valence-corrected chi connectivity index (χ4v) is 7.71. The molecule has 1 heterocycles. The first-order valence-electron chi connectivity index (χ1n) is 7.87. The summed E-state index contributed by atoms with van der Waals surface area (Å²) in [6.45, 7) is 3.64. The van der Waals surface area contributed by atoms with Gasteiger partial charge in [0.2, 0.25) is 0 Å². The third-order valence-corrected chi connectivity index (χ3v) is 10.5. The van der Waals surface area contributed by atoms with E-state index in [1.807, 2.05) is 13.8 Å². The SMILES string of the molecule is Cc1ccc(S(=O)(=O)OI(O)c2cnn(S(=O)(=O)c3ccc(C)cc3)c2)cc1. The van der Waals surface area contributed by atoms with Gasteiger partial charge in [-0.15, -0.1) is 0 Å². The molecule has 150 valence electrons. The van der Waals surface area contributed by atoms with Crippen LogP contribution in [0.25, 0.3) is 0 Å². The van der Waals surface area contributed by atoms with Gasteiger partial charge in [-0.05, 0) is 0 Å². The maximum absolute atomic E-state index is 12.6. The Morgan fingerprint density at radius 1 is 0.893 bits per heavy atom. The molecule has 0 fully saturated rings. The van der Waals surface area contributed by atoms with E-state index < -0.39 is 40.8 Å². The van der Waals surface area contributed by atoms with Crippen molar-refractivity contribution in [2.45, 2.75) is 23.6 Å². The molecule has 0 unspecified atom stereocenters. The first kappa shape index (κ1) is 20.9. The molecule has 8 nitrogen and oxygen atoms in total. The summed E-state index contributed by atoms with van der Waals surface area (Å²) in [6.07, 6.45) is 2.17. The Hall–Kier alpha value is -1.80. The Labute approximate surface area is 171 Å². The van der Waals surface area contributed by atoms with E-state index in [-0.39, 0.29) is 13.4 Å². The van der Waals surface area contributed by atoms with Gasteiger partial charge in [-0.3, -0.25) is 0 Å². The van der Waals surface area contributed by atoms with Gasteiger partial charge >= 0.3 is 172 Å². The second-order valence-corrected chi connectivity index (χ2v) is 12.9. The molecule has 0 aliphatic rings. The van der Waals surface area contributed by atoms with E-state index in [0.717, 1.165) is 23.5 Å². The molecule has 0 aliphatic carbocycles. The van der Waals surface area contributed by atoms with Gasteiger partial charge in [-0.1, -0.05) is 0 Å². The Kier molecular flexibility index (Phi) is 5.91. The van der Waals surface area contributed by atoms with Crippen LogP contribution >= 0.6 is 20.6 Å². The Balaban J connectivity index is 1.83.